The third kappa shape index (κ3) is 5.19. The summed E-state index contributed by atoms with van der Waals surface area (Å²) in [5.41, 5.74) is 0. The fourth-order valence-corrected chi connectivity index (χ4v) is 3.86. The molecule has 0 aromatic carbocycles. The molecule has 4 heteroatoms. The van der Waals surface area contributed by atoms with Crippen molar-refractivity contribution in [3.63, 3.8) is 0 Å². The number of rotatable bonds is 5. The third-order valence-corrected chi connectivity index (χ3v) is 5.14. The lowest BCUT2D eigenvalue weighted by Crippen LogP contribution is -2.57. The molecule has 22 heavy (non-hydrogen) atoms. The van der Waals surface area contributed by atoms with E-state index in [1.165, 1.54) is 25.9 Å². The maximum Gasteiger partial charge on any atom is 0.0707 e. The molecule has 4 nitrogen and oxygen atoms in total. The lowest BCUT2D eigenvalue weighted by atomic mass is 10.0. The fraction of sp³-hybridized carbons (Fsp3) is 1.00. The Morgan fingerprint density at radius 2 is 1.55 bits per heavy atom. The van der Waals surface area contributed by atoms with Crippen molar-refractivity contribution in [3.8, 4) is 0 Å². The SMILES string of the molecule is CC1CN(C(C)C)CC(CCC2CN(C(C)C)CC(C)O2)N1. The Morgan fingerprint density at radius 1 is 0.909 bits per heavy atom. The highest BCUT2D eigenvalue weighted by Gasteiger charge is 2.29. The van der Waals surface area contributed by atoms with E-state index in [2.05, 4.69) is 56.7 Å². The minimum Gasteiger partial charge on any atom is -0.373 e. The molecule has 130 valence electrons. The van der Waals surface area contributed by atoms with Gasteiger partial charge in [0, 0.05) is 50.3 Å². The average molecular weight is 312 g/mol. The Bertz CT molecular complexity index is 302. The molecule has 0 spiro atoms. The van der Waals surface area contributed by atoms with Gasteiger partial charge in [-0.25, -0.2) is 0 Å². The molecule has 2 heterocycles. The molecule has 0 aliphatic carbocycles. The van der Waals surface area contributed by atoms with E-state index in [9.17, 15) is 0 Å². The van der Waals surface area contributed by atoms with Gasteiger partial charge in [-0.1, -0.05) is 0 Å². The Hall–Kier alpha value is -0.160. The third-order valence-electron chi connectivity index (χ3n) is 5.14. The van der Waals surface area contributed by atoms with Crippen LogP contribution < -0.4 is 5.32 Å². The van der Waals surface area contributed by atoms with Crippen LogP contribution in [-0.2, 0) is 4.74 Å². The van der Waals surface area contributed by atoms with Gasteiger partial charge in [-0.3, -0.25) is 9.80 Å². The van der Waals surface area contributed by atoms with E-state index in [0.29, 0.717) is 36.4 Å². The molecule has 0 aromatic heterocycles. The first-order valence-corrected chi connectivity index (χ1v) is 9.24. The van der Waals surface area contributed by atoms with E-state index in [0.717, 1.165) is 13.1 Å². The van der Waals surface area contributed by atoms with E-state index >= 15 is 0 Å². The molecule has 2 saturated heterocycles. The van der Waals surface area contributed by atoms with Gasteiger partial charge < -0.3 is 10.1 Å². The summed E-state index contributed by atoms with van der Waals surface area (Å²) in [7, 11) is 0. The van der Waals surface area contributed by atoms with Crippen molar-refractivity contribution in [1.29, 1.82) is 0 Å². The predicted octanol–water partition coefficient (Wildman–Crippen LogP) is 2.33. The van der Waals surface area contributed by atoms with Gasteiger partial charge in [-0.05, 0) is 54.4 Å². The Morgan fingerprint density at radius 3 is 2.18 bits per heavy atom. The van der Waals surface area contributed by atoms with E-state index in [1.807, 2.05) is 0 Å². The summed E-state index contributed by atoms with van der Waals surface area (Å²) < 4.78 is 6.18. The molecule has 1 N–H and O–H groups in total. The summed E-state index contributed by atoms with van der Waals surface area (Å²) in [6.07, 6.45) is 3.16. The first-order chi connectivity index (χ1) is 10.3. The van der Waals surface area contributed by atoms with Crippen molar-refractivity contribution in [2.75, 3.05) is 26.2 Å². The number of morpholine rings is 1. The lowest BCUT2D eigenvalue weighted by Gasteiger charge is -2.42. The minimum absolute atomic E-state index is 0.367. The monoisotopic (exact) mass is 311 g/mol. The van der Waals surface area contributed by atoms with Crippen LogP contribution in [0.1, 0.15) is 54.4 Å². The van der Waals surface area contributed by atoms with Crippen molar-refractivity contribution >= 4 is 0 Å². The van der Waals surface area contributed by atoms with Gasteiger partial charge in [-0.2, -0.15) is 0 Å². The van der Waals surface area contributed by atoms with Gasteiger partial charge in [-0.15, -0.1) is 0 Å². The van der Waals surface area contributed by atoms with Crippen molar-refractivity contribution in [2.24, 2.45) is 0 Å². The number of nitrogens with zero attached hydrogens (tertiary/aromatic N) is 2. The summed E-state index contributed by atoms with van der Waals surface area (Å²) in [5.74, 6) is 0. The molecule has 0 radical (unpaired) electrons. The van der Waals surface area contributed by atoms with Gasteiger partial charge in [0.2, 0.25) is 0 Å². The second-order valence-electron chi connectivity index (χ2n) is 8.01. The first-order valence-electron chi connectivity index (χ1n) is 9.24. The fourth-order valence-electron chi connectivity index (χ4n) is 3.86. The molecule has 4 unspecified atom stereocenters. The molecule has 2 aliphatic heterocycles. The predicted molar refractivity (Wildman–Crippen MR) is 93.4 cm³/mol. The highest BCUT2D eigenvalue weighted by atomic mass is 16.5. The van der Waals surface area contributed by atoms with Gasteiger partial charge >= 0.3 is 0 Å². The first kappa shape index (κ1) is 18.2. The van der Waals surface area contributed by atoms with E-state index in [4.69, 9.17) is 4.74 Å². The van der Waals surface area contributed by atoms with Crippen LogP contribution >= 0.6 is 0 Å². The molecule has 0 aromatic rings. The normalized spacial score (nSPS) is 35.5. The summed E-state index contributed by atoms with van der Waals surface area (Å²) in [6, 6.07) is 2.48. The zero-order chi connectivity index (χ0) is 16.3. The topological polar surface area (TPSA) is 27.7 Å². The van der Waals surface area contributed by atoms with Gasteiger partial charge in [0.05, 0.1) is 12.2 Å². The largest absolute Gasteiger partial charge is 0.373 e. The molecule has 2 rings (SSSR count). The Labute approximate surface area is 137 Å². The van der Waals surface area contributed by atoms with Crippen molar-refractivity contribution in [1.82, 2.24) is 15.1 Å². The molecule has 2 aliphatic rings. The van der Waals surface area contributed by atoms with E-state index in [1.54, 1.807) is 0 Å². The maximum absolute atomic E-state index is 6.18. The number of hydrogen-bond donors (Lipinski definition) is 1. The molecule has 4 atom stereocenters. The smallest absolute Gasteiger partial charge is 0.0707 e. The zero-order valence-electron chi connectivity index (χ0n) is 15.5. The van der Waals surface area contributed by atoms with E-state index < -0.39 is 0 Å². The van der Waals surface area contributed by atoms with Crippen LogP contribution in [0.2, 0.25) is 0 Å². The number of ether oxygens (including phenoxy) is 1. The summed E-state index contributed by atoms with van der Waals surface area (Å²) in [5, 5.41) is 3.78. The van der Waals surface area contributed by atoms with Gasteiger partial charge in [0.25, 0.3) is 0 Å². The average Bonchev–Trinajstić information content (AvgIpc) is 2.44. The van der Waals surface area contributed by atoms with E-state index in [-0.39, 0.29) is 0 Å². The Kier molecular flexibility index (Phi) is 6.69. The van der Waals surface area contributed by atoms with Crippen molar-refractivity contribution in [3.05, 3.63) is 0 Å². The number of piperazine rings is 1. The summed E-state index contributed by atoms with van der Waals surface area (Å²) in [4.78, 5) is 5.17. The second-order valence-corrected chi connectivity index (χ2v) is 8.01. The second kappa shape index (κ2) is 8.09. The molecule has 0 bridgehead atoms. The highest BCUT2D eigenvalue weighted by molar-refractivity contribution is 4.87. The van der Waals surface area contributed by atoms with Crippen LogP contribution in [0.25, 0.3) is 0 Å². The lowest BCUT2D eigenvalue weighted by molar-refractivity contribution is -0.0894. The number of hydrogen-bond acceptors (Lipinski definition) is 4. The summed E-state index contributed by atoms with van der Waals surface area (Å²) in [6.45, 7) is 18.2. The van der Waals surface area contributed by atoms with Crippen LogP contribution in [0, 0.1) is 0 Å². The molecule has 2 fully saturated rings. The van der Waals surface area contributed by atoms with Crippen LogP contribution in [0.3, 0.4) is 0 Å². The quantitative estimate of drug-likeness (QED) is 0.843. The molecular weight excluding hydrogens is 274 g/mol. The maximum atomic E-state index is 6.18. The minimum atomic E-state index is 0.367. The highest BCUT2D eigenvalue weighted by Crippen LogP contribution is 2.19. The zero-order valence-corrected chi connectivity index (χ0v) is 15.5. The van der Waals surface area contributed by atoms with Gasteiger partial charge in [0.15, 0.2) is 0 Å². The van der Waals surface area contributed by atoms with Crippen molar-refractivity contribution in [2.45, 2.75) is 90.8 Å². The molecule has 0 saturated carbocycles. The molecular formula is C18H37N3O. The van der Waals surface area contributed by atoms with Crippen LogP contribution in [0.5, 0.6) is 0 Å². The van der Waals surface area contributed by atoms with Crippen LogP contribution in [0.4, 0.5) is 0 Å². The van der Waals surface area contributed by atoms with Gasteiger partial charge in [0.1, 0.15) is 0 Å². The van der Waals surface area contributed by atoms with Crippen LogP contribution in [-0.4, -0.2) is 72.4 Å². The molecule has 0 amide bonds. The standard InChI is InChI=1S/C18H37N3O/c1-13(2)20-9-15(5)19-17(11-20)7-8-18-12-21(14(3)4)10-16(6)22-18/h13-19H,7-12H2,1-6H3. The van der Waals surface area contributed by atoms with Crippen LogP contribution in [0.15, 0.2) is 0 Å². The Balaban J connectivity index is 1.81. The number of nitrogens with one attached hydrogen (secondary N) is 1. The summed E-state index contributed by atoms with van der Waals surface area (Å²) >= 11 is 0. The van der Waals surface area contributed by atoms with Crippen molar-refractivity contribution < 1.29 is 4.74 Å².